The Kier molecular flexibility index (Phi) is 2.10. The Bertz CT molecular complexity index is 356. The molecule has 0 heterocycles. The van der Waals surface area contributed by atoms with Gasteiger partial charge in [0.1, 0.15) is 0 Å². The fourth-order valence-corrected chi connectivity index (χ4v) is 2.85. The zero-order valence-electron chi connectivity index (χ0n) is 9.08. The first-order valence-electron chi connectivity index (χ1n) is 6.06. The number of hydrogen-bond acceptors (Lipinski definition) is 1. The van der Waals surface area contributed by atoms with E-state index in [0.717, 1.165) is 5.92 Å². The molecule has 1 heteroatoms. The van der Waals surface area contributed by atoms with Crippen LogP contribution in [-0.2, 0) is 5.41 Å². The summed E-state index contributed by atoms with van der Waals surface area (Å²) >= 11 is 0. The molecule has 80 valence electrons. The number of aliphatic hydroxyl groups excluding tert-OH is 1. The van der Waals surface area contributed by atoms with E-state index < -0.39 is 0 Å². The topological polar surface area (TPSA) is 20.2 Å². The summed E-state index contributed by atoms with van der Waals surface area (Å²) in [7, 11) is 0. The van der Waals surface area contributed by atoms with E-state index in [0.29, 0.717) is 6.61 Å². The molecule has 0 radical (unpaired) electrons. The van der Waals surface area contributed by atoms with E-state index in [1.165, 1.54) is 43.2 Å². The summed E-state index contributed by atoms with van der Waals surface area (Å²) in [6.45, 7) is 0.330. The van der Waals surface area contributed by atoms with Crippen molar-refractivity contribution in [1.29, 1.82) is 0 Å². The zero-order chi connectivity index (χ0) is 10.3. The van der Waals surface area contributed by atoms with Crippen LogP contribution in [0.3, 0.4) is 0 Å². The highest BCUT2D eigenvalue weighted by atomic mass is 16.3. The normalized spacial score (nSPS) is 23.5. The molecule has 0 saturated heterocycles. The molecule has 1 aromatic rings. The third kappa shape index (κ3) is 1.41. The van der Waals surface area contributed by atoms with Crippen LogP contribution in [0.15, 0.2) is 24.3 Å². The van der Waals surface area contributed by atoms with Crippen LogP contribution in [-0.4, -0.2) is 11.7 Å². The number of benzene rings is 1. The van der Waals surface area contributed by atoms with Crippen LogP contribution in [0.1, 0.15) is 49.1 Å². The van der Waals surface area contributed by atoms with E-state index >= 15 is 0 Å². The molecule has 2 saturated carbocycles. The fraction of sp³-hybridized carbons (Fsp3) is 0.571. The molecule has 0 atom stereocenters. The third-order valence-corrected chi connectivity index (χ3v) is 4.16. The van der Waals surface area contributed by atoms with Gasteiger partial charge in [-0.25, -0.2) is 0 Å². The molecule has 0 bridgehead atoms. The van der Waals surface area contributed by atoms with Gasteiger partial charge in [-0.1, -0.05) is 30.7 Å². The molecule has 3 rings (SSSR count). The summed E-state index contributed by atoms with van der Waals surface area (Å²) in [5.74, 6) is 0.797. The Morgan fingerprint density at radius 1 is 1.20 bits per heavy atom. The van der Waals surface area contributed by atoms with Gasteiger partial charge < -0.3 is 5.11 Å². The Balaban J connectivity index is 2.02. The maximum atomic E-state index is 9.62. The lowest BCUT2D eigenvalue weighted by atomic mass is 9.63. The van der Waals surface area contributed by atoms with Crippen molar-refractivity contribution in [2.75, 3.05) is 6.61 Å². The van der Waals surface area contributed by atoms with E-state index in [9.17, 15) is 5.11 Å². The molecule has 0 aliphatic heterocycles. The van der Waals surface area contributed by atoms with Gasteiger partial charge in [-0.3, -0.25) is 0 Å². The second-order valence-corrected chi connectivity index (χ2v) is 5.15. The minimum absolute atomic E-state index is 0.124. The van der Waals surface area contributed by atoms with Crippen molar-refractivity contribution < 1.29 is 5.11 Å². The van der Waals surface area contributed by atoms with Crippen LogP contribution < -0.4 is 0 Å². The summed E-state index contributed by atoms with van der Waals surface area (Å²) in [6, 6.07) is 8.77. The van der Waals surface area contributed by atoms with Crippen LogP contribution in [0.5, 0.6) is 0 Å². The third-order valence-electron chi connectivity index (χ3n) is 4.16. The smallest absolute Gasteiger partial charge is 0.0528 e. The maximum absolute atomic E-state index is 9.62. The highest BCUT2D eigenvalue weighted by molar-refractivity contribution is 5.40. The molecule has 0 aromatic heterocycles. The Morgan fingerprint density at radius 2 is 1.93 bits per heavy atom. The lowest BCUT2D eigenvalue weighted by Crippen LogP contribution is -2.38. The summed E-state index contributed by atoms with van der Waals surface area (Å²) in [6.07, 6.45) is 6.32. The first-order chi connectivity index (χ1) is 7.36. The van der Waals surface area contributed by atoms with E-state index in [1.807, 2.05) is 0 Å². The lowest BCUT2D eigenvalue weighted by molar-refractivity contribution is 0.119. The van der Waals surface area contributed by atoms with Crippen LogP contribution in [0.25, 0.3) is 0 Å². The highest BCUT2D eigenvalue weighted by Gasteiger charge is 2.41. The van der Waals surface area contributed by atoms with Gasteiger partial charge in [0.15, 0.2) is 0 Å². The monoisotopic (exact) mass is 202 g/mol. The van der Waals surface area contributed by atoms with Crippen molar-refractivity contribution in [3.8, 4) is 0 Å². The van der Waals surface area contributed by atoms with Gasteiger partial charge in [0.2, 0.25) is 0 Å². The van der Waals surface area contributed by atoms with E-state index in [4.69, 9.17) is 0 Å². The molecule has 1 N–H and O–H groups in total. The molecule has 2 aliphatic carbocycles. The number of hydrogen-bond donors (Lipinski definition) is 1. The zero-order valence-corrected chi connectivity index (χ0v) is 9.08. The summed E-state index contributed by atoms with van der Waals surface area (Å²) in [4.78, 5) is 0. The number of aliphatic hydroxyl groups is 1. The molecule has 2 fully saturated rings. The molecule has 1 nitrogen and oxygen atoms in total. The molecule has 0 spiro atoms. The van der Waals surface area contributed by atoms with Gasteiger partial charge in [0, 0.05) is 5.41 Å². The van der Waals surface area contributed by atoms with Crippen LogP contribution >= 0.6 is 0 Å². The van der Waals surface area contributed by atoms with Crippen LogP contribution in [0.4, 0.5) is 0 Å². The first-order valence-corrected chi connectivity index (χ1v) is 6.06. The number of rotatable bonds is 3. The van der Waals surface area contributed by atoms with E-state index in [-0.39, 0.29) is 5.41 Å². The minimum Gasteiger partial charge on any atom is -0.395 e. The molecular weight excluding hydrogens is 184 g/mol. The Labute approximate surface area is 91.1 Å². The Hall–Kier alpha value is -0.820. The lowest BCUT2D eigenvalue weighted by Gasteiger charge is -2.42. The quantitative estimate of drug-likeness (QED) is 0.799. The highest BCUT2D eigenvalue weighted by Crippen LogP contribution is 2.50. The molecule has 1 aromatic carbocycles. The van der Waals surface area contributed by atoms with E-state index in [1.54, 1.807) is 0 Å². The molecule has 0 unspecified atom stereocenters. The van der Waals surface area contributed by atoms with Crippen molar-refractivity contribution in [2.24, 2.45) is 0 Å². The van der Waals surface area contributed by atoms with Crippen molar-refractivity contribution in [1.82, 2.24) is 0 Å². The first kappa shape index (κ1) is 9.41. The molecule has 2 aliphatic rings. The average Bonchev–Trinajstić information content (AvgIpc) is 3.01. The van der Waals surface area contributed by atoms with Crippen LogP contribution in [0.2, 0.25) is 0 Å². The standard InChI is InChI=1S/C14H18O/c15-10-14(8-3-9-14)13-5-2-1-4-12(13)11-6-7-11/h1-2,4-5,11,15H,3,6-10H2. The SMILES string of the molecule is OCC1(c2ccccc2C2CC2)CCC1. The van der Waals surface area contributed by atoms with Gasteiger partial charge in [-0.15, -0.1) is 0 Å². The van der Waals surface area contributed by atoms with Crippen molar-refractivity contribution >= 4 is 0 Å². The van der Waals surface area contributed by atoms with Crippen molar-refractivity contribution in [2.45, 2.75) is 43.4 Å². The maximum Gasteiger partial charge on any atom is 0.0528 e. The molecular formula is C14H18O. The predicted molar refractivity (Wildman–Crippen MR) is 61.0 cm³/mol. The van der Waals surface area contributed by atoms with Crippen molar-refractivity contribution in [3.05, 3.63) is 35.4 Å². The second-order valence-electron chi connectivity index (χ2n) is 5.15. The molecule has 15 heavy (non-hydrogen) atoms. The second kappa shape index (κ2) is 3.34. The van der Waals surface area contributed by atoms with Gasteiger partial charge in [0.25, 0.3) is 0 Å². The summed E-state index contributed by atoms with van der Waals surface area (Å²) in [5.41, 5.74) is 3.09. The molecule has 0 amide bonds. The summed E-state index contributed by atoms with van der Waals surface area (Å²) in [5, 5.41) is 9.62. The largest absolute Gasteiger partial charge is 0.395 e. The summed E-state index contributed by atoms with van der Waals surface area (Å²) < 4.78 is 0. The average molecular weight is 202 g/mol. The van der Waals surface area contributed by atoms with Crippen molar-refractivity contribution in [3.63, 3.8) is 0 Å². The predicted octanol–water partition coefficient (Wildman–Crippen LogP) is 2.98. The van der Waals surface area contributed by atoms with Gasteiger partial charge >= 0.3 is 0 Å². The van der Waals surface area contributed by atoms with Gasteiger partial charge in [-0.05, 0) is 42.7 Å². The fourth-order valence-electron chi connectivity index (χ4n) is 2.85. The van der Waals surface area contributed by atoms with Crippen LogP contribution in [0, 0.1) is 0 Å². The van der Waals surface area contributed by atoms with Gasteiger partial charge in [0.05, 0.1) is 6.61 Å². The Morgan fingerprint density at radius 3 is 2.47 bits per heavy atom. The minimum atomic E-state index is 0.124. The van der Waals surface area contributed by atoms with E-state index in [2.05, 4.69) is 24.3 Å². The van der Waals surface area contributed by atoms with Gasteiger partial charge in [-0.2, -0.15) is 0 Å².